The van der Waals surface area contributed by atoms with Crippen molar-refractivity contribution in [2.75, 3.05) is 19.6 Å². The lowest BCUT2D eigenvalue weighted by atomic mass is 9.97. The molecule has 2 aliphatic heterocycles. The second-order valence-corrected chi connectivity index (χ2v) is 6.25. The molecular formula is C14H15ClF3N3O. The largest absolute Gasteiger partial charge is 0.434 e. The smallest absolute Gasteiger partial charge is 0.347 e. The summed E-state index contributed by atoms with van der Waals surface area (Å²) >= 11 is 5.50. The summed E-state index contributed by atoms with van der Waals surface area (Å²) in [4.78, 5) is 17.8. The summed E-state index contributed by atoms with van der Waals surface area (Å²) in [5, 5.41) is 2.27. The van der Waals surface area contributed by atoms with Crippen LogP contribution in [0.15, 0.2) is 12.1 Å². The van der Waals surface area contributed by atoms with Gasteiger partial charge in [-0.05, 0) is 37.4 Å². The highest BCUT2D eigenvalue weighted by Crippen LogP contribution is 2.33. The summed E-state index contributed by atoms with van der Waals surface area (Å²) in [5.41, 5.74) is -1.49. The van der Waals surface area contributed by atoms with E-state index in [0.29, 0.717) is 5.92 Å². The van der Waals surface area contributed by atoms with Crippen LogP contribution >= 0.6 is 11.6 Å². The molecule has 3 heterocycles. The fraction of sp³-hybridized carbons (Fsp3) is 0.571. The van der Waals surface area contributed by atoms with Crippen molar-refractivity contribution in [3.05, 3.63) is 28.5 Å². The predicted molar refractivity (Wildman–Crippen MR) is 74.7 cm³/mol. The van der Waals surface area contributed by atoms with E-state index in [0.717, 1.165) is 38.5 Å². The topological polar surface area (TPSA) is 45.2 Å². The van der Waals surface area contributed by atoms with Crippen molar-refractivity contribution < 1.29 is 18.0 Å². The summed E-state index contributed by atoms with van der Waals surface area (Å²) in [6, 6.07) is 2.23. The Bertz CT molecular complexity index is 581. The molecule has 1 aromatic heterocycles. The van der Waals surface area contributed by atoms with Crippen LogP contribution in [0.25, 0.3) is 0 Å². The Hall–Kier alpha value is -1.34. The first-order chi connectivity index (χ1) is 10.3. The average molecular weight is 334 g/mol. The highest BCUT2D eigenvalue weighted by atomic mass is 35.5. The standard InChI is InChI=1S/C14H15ClF3N3O/c15-10-1-2-11(20-12(10)14(16,17)18)13(22)19-9-5-8-3-4-21(6-8)7-9/h1-2,8-9H,3-7H2,(H,19,22)/t8-,9-/m1/s1. The van der Waals surface area contributed by atoms with Crippen LogP contribution in [0.3, 0.4) is 0 Å². The molecule has 1 N–H and O–H groups in total. The fourth-order valence-corrected chi connectivity index (χ4v) is 3.40. The number of fused-ring (bicyclic) bond motifs is 2. The third-order valence-corrected chi connectivity index (χ3v) is 4.45. The normalized spacial score (nSPS) is 27.7. The molecule has 2 fully saturated rings. The van der Waals surface area contributed by atoms with Gasteiger partial charge in [-0.15, -0.1) is 0 Å². The molecule has 0 saturated carbocycles. The van der Waals surface area contributed by atoms with Crippen molar-refractivity contribution in [1.29, 1.82) is 0 Å². The molecule has 3 rings (SSSR count). The van der Waals surface area contributed by atoms with Crippen LogP contribution in [0.5, 0.6) is 0 Å². The number of alkyl halides is 3. The number of pyridine rings is 1. The Morgan fingerprint density at radius 3 is 2.82 bits per heavy atom. The molecule has 0 aliphatic carbocycles. The van der Waals surface area contributed by atoms with Crippen LogP contribution in [0.4, 0.5) is 13.2 Å². The number of piperidine rings is 1. The van der Waals surface area contributed by atoms with Crippen LogP contribution < -0.4 is 5.32 Å². The van der Waals surface area contributed by atoms with Gasteiger partial charge in [-0.2, -0.15) is 13.2 Å². The summed E-state index contributed by atoms with van der Waals surface area (Å²) in [5.74, 6) is -0.0300. The van der Waals surface area contributed by atoms with Gasteiger partial charge in [0, 0.05) is 19.1 Å². The monoisotopic (exact) mass is 333 g/mol. The summed E-state index contributed by atoms with van der Waals surface area (Å²) in [6.45, 7) is 2.81. The Labute approximate surface area is 130 Å². The van der Waals surface area contributed by atoms with E-state index in [1.165, 1.54) is 6.07 Å². The summed E-state index contributed by atoms with van der Waals surface area (Å²) in [7, 11) is 0. The van der Waals surface area contributed by atoms with E-state index in [9.17, 15) is 18.0 Å². The SMILES string of the molecule is O=C(N[C@@H]1C[C@H]2CCN(C2)C1)c1ccc(Cl)c(C(F)(F)F)n1. The Kier molecular flexibility index (Phi) is 4.03. The average Bonchev–Trinajstić information content (AvgIpc) is 2.77. The van der Waals surface area contributed by atoms with Gasteiger partial charge in [-0.1, -0.05) is 11.6 Å². The van der Waals surface area contributed by atoms with Crippen molar-refractivity contribution >= 4 is 17.5 Å². The number of hydrogen-bond donors (Lipinski definition) is 1. The van der Waals surface area contributed by atoms with Crippen LogP contribution in [-0.2, 0) is 6.18 Å². The van der Waals surface area contributed by atoms with Gasteiger partial charge < -0.3 is 10.2 Å². The number of hydrogen-bond acceptors (Lipinski definition) is 3. The van der Waals surface area contributed by atoms with Crippen LogP contribution in [0, 0.1) is 5.92 Å². The molecular weight excluding hydrogens is 319 g/mol. The number of aromatic nitrogens is 1. The number of nitrogens with one attached hydrogen (secondary N) is 1. The van der Waals surface area contributed by atoms with Gasteiger partial charge in [0.25, 0.3) is 5.91 Å². The molecule has 22 heavy (non-hydrogen) atoms. The molecule has 0 radical (unpaired) electrons. The molecule has 1 aromatic rings. The zero-order valence-corrected chi connectivity index (χ0v) is 12.4. The molecule has 0 aromatic carbocycles. The number of amides is 1. The number of halogens is 4. The maximum atomic E-state index is 12.8. The van der Waals surface area contributed by atoms with Crippen LogP contribution in [0.2, 0.25) is 5.02 Å². The summed E-state index contributed by atoms with van der Waals surface area (Å²) < 4.78 is 38.3. The lowest BCUT2D eigenvalue weighted by molar-refractivity contribution is -0.141. The third kappa shape index (κ3) is 3.20. The van der Waals surface area contributed by atoms with Gasteiger partial charge in [0.15, 0.2) is 5.69 Å². The van der Waals surface area contributed by atoms with Gasteiger partial charge in [0.05, 0.1) is 5.02 Å². The second kappa shape index (κ2) is 5.70. The molecule has 0 spiro atoms. The highest BCUT2D eigenvalue weighted by Gasteiger charge is 2.37. The van der Waals surface area contributed by atoms with Crippen LogP contribution in [0.1, 0.15) is 29.0 Å². The minimum atomic E-state index is -4.68. The Morgan fingerprint density at radius 1 is 1.36 bits per heavy atom. The van der Waals surface area contributed by atoms with E-state index >= 15 is 0 Å². The number of nitrogens with zero attached hydrogens (tertiary/aromatic N) is 2. The fourth-order valence-electron chi connectivity index (χ4n) is 3.19. The van der Waals surface area contributed by atoms with E-state index in [2.05, 4.69) is 15.2 Å². The van der Waals surface area contributed by atoms with Crippen molar-refractivity contribution in [3.63, 3.8) is 0 Å². The first kappa shape index (κ1) is 15.6. The first-order valence-corrected chi connectivity index (χ1v) is 7.47. The van der Waals surface area contributed by atoms with Gasteiger partial charge >= 0.3 is 6.18 Å². The van der Waals surface area contributed by atoms with Gasteiger partial charge in [-0.3, -0.25) is 4.79 Å². The maximum Gasteiger partial charge on any atom is 0.434 e. The van der Waals surface area contributed by atoms with E-state index in [1.54, 1.807) is 0 Å². The van der Waals surface area contributed by atoms with E-state index in [4.69, 9.17) is 11.6 Å². The van der Waals surface area contributed by atoms with Crippen molar-refractivity contribution in [2.45, 2.75) is 25.1 Å². The molecule has 1 unspecified atom stereocenters. The molecule has 2 bridgehead atoms. The lowest BCUT2D eigenvalue weighted by Gasteiger charge is -2.30. The molecule has 120 valence electrons. The molecule has 3 atom stereocenters. The summed E-state index contributed by atoms with van der Waals surface area (Å²) in [6.07, 6.45) is -2.70. The number of carbonyl (C=O) groups excluding carboxylic acids is 1. The van der Waals surface area contributed by atoms with Crippen LogP contribution in [-0.4, -0.2) is 41.5 Å². The zero-order valence-electron chi connectivity index (χ0n) is 11.7. The van der Waals surface area contributed by atoms with Crippen molar-refractivity contribution in [3.8, 4) is 0 Å². The Morgan fingerprint density at radius 2 is 2.14 bits per heavy atom. The lowest BCUT2D eigenvalue weighted by Crippen LogP contribution is -2.47. The zero-order chi connectivity index (χ0) is 15.9. The van der Waals surface area contributed by atoms with E-state index < -0.39 is 22.8 Å². The maximum absolute atomic E-state index is 12.8. The van der Waals surface area contributed by atoms with Gasteiger partial charge in [0.1, 0.15) is 5.69 Å². The predicted octanol–water partition coefficient (Wildman–Crippen LogP) is 2.58. The van der Waals surface area contributed by atoms with Gasteiger partial charge in [-0.25, -0.2) is 4.98 Å². The third-order valence-electron chi connectivity index (χ3n) is 4.15. The molecule has 1 amide bonds. The Balaban J connectivity index is 1.72. The minimum Gasteiger partial charge on any atom is -0.347 e. The van der Waals surface area contributed by atoms with Gasteiger partial charge in [0.2, 0.25) is 0 Å². The van der Waals surface area contributed by atoms with Crippen molar-refractivity contribution in [1.82, 2.24) is 15.2 Å². The first-order valence-electron chi connectivity index (χ1n) is 7.10. The molecule has 8 heteroatoms. The second-order valence-electron chi connectivity index (χ2n) is 5.85. The number of rotatable bonds is 2. The minimum absolute atomic E-state index is 0.0411. The highest BCUT2D eigenvalue weighted by molar-refractivity contribution is 6.31. The molecule has 2 saturated heterocycles. The van der Waals surface area contributed by atoms with E-state index in [1.807, 2.05) is 0 Å². The molecule has 4 nitrogen and oxygen atoms in total. The van der Waals surface area contributed by atoms with Crippen molar-refractivity contribution in [2.24, 2.45) is 5.92 Å². The molecule has 2 aliphatic rings. The number of carbonyl (C=O) groups is 1. The quantitative estimate of drug-likeness (QED) is 0.905. The van der Waals surface area contributed by atoms with E-state index in [-0.39, 0.29) is 11.7 Å².